The molecule has 0 bridgehead atoms. The van der Waals surface area contributed by atoms with Gasteiger partial charge in [-0.05, 0) is 26.3 Å². The van der Waals surface area contributed by atoms with Crippen molar-refractivity contribution in [3.05, 3.63) is 16.0 Å². The van der Waals surface area contributed by atoms with E-state index in [1.807, 2.05) is 13.8 Å². The number of anilines is 1. The van der Waals surface area contributed by atoms with Crippen LogP contribution in [0.15, 0.2) is 0 Å². The highest BCUT2D eigenvalue weighted by Crippen LogP contribution is 2.32. The zero-order valence-corrected chi connectivity index (χ0v) is 11.4. The van der Waals surface area contributed by atoms with E-state index in [4.69, 9.17) is 10.5 Å². The Labute approximate surface area is 109 Å². The lowest BCUT2D eigenvalue weighted by molar-refractivity contribution is -0.138. The Morgan fingerprint density at radius 3 is 2.44 bits per heavy atom. The molecule has 3 N–H and O–H groups in total. The molecule has 1 rings (SSSR count). The first-order valence-electron chi connectivity index (χ1n) is 5.50. The number of amides is 1. The van der Waals surface area contributed by atoms with Gasteiger partial charge in [-0.1, -0.05) is 0 Å². The van der Waals surface area contributed by atoms with Gasteiger partial charge >= 0.3 is 5.97 Å². The van der Waals surface area contributed by atoms with E-state index < -0.39 is 5.97 Å². The predicted octanol–water partition coefficient (Wildman–Crippen LogP) is 2.56. The van der Waals surface area contributed by atoms with Crippen LogP contribution in [0.1, 0.15) is 35.8 Å². The lowest BCUT2D eigenvalue weighted by Crippen LogP contribution is -2.14. The fourth-order valence-electron chi connectivity index (χ4n) is 1.58. The number of nitrogens with one attached hydrogen (secondary N) is 2. The Morgan fingerprint density at radius 2 is 1.94 bits per heavy atom. The van der Waals surface area contributed by atoms with Gasteiger partial charge in [0.25, 0.3) is 0 Å². The fourth-order valence-corrected chi connectivity index (χ4v) is 2.71. The molecule has 0 saturated heterocycles. The standard InChI is InChI=1S/C12H16N2O3S/c1-6-8(3)18-12(11(6)7(2)13)14-9(15)4-5-10(16)17/h13H,4-5H2,1-3H3,(H,14,15)(H,16,17). The second-order valence-corrected chi connectivity index (χ2v) is 5.28. The first-order chi connectivity index (χ1) is 8.32. The van der Waals surface area contributed by atoms with Crippen molar-refractivity contribution >= 4 is 33.9 Å². The summed E-state index contributed by atoms with van der Waals surface area (Å²) >= 11 is 1.41. The third kappa shape index (κ3) is 3.40. The highest BCUT2D eigenvalue weighted by molar-refractivity contribution is 7.16. The molecule has 0 aliphatic heterocycles. The van der Waals surface area contributed by atoms with Crippen molar-refractivity contribution in [2.24, 2.45) is 0 Å². The highest BCUT2D eigenvalue weighted by atomic mass is 32.1. The Bertz CT molecular complexity index is 506. The predicted molar refractivity (Wildman–Crippen MR) is 71.8 cm³/mol. The summed E-state index contributed by atoms with van der Waals surface area (Å²) < 4.78 is 0. The molecule has 98 valence electrons. The molecule has 1 heterocycles. The minimum absolute atomic E-state index is 0.0538. The maximum absolute atomic E-state index is 11.6. The van der Waals surface area contributed by atoms with Crippen LogP contribution in [-0.4, -0.2) is 22.7 Å². The second-order valence-electron chi connectivity index (χ2n) is 4.05. The van der Waals surface area contributed by atoms with Crippen molar-refractivity contribution in [3.8, 4) is 0 Å². The van der Waals surface area contributed by atoms with E-state index in [0.717, 1.165) is 16.0 Å². The number of carboxylic acids is 1. The topological polar surface area (TPSA) is 90.3 Å². The SMILES string of the molecule is CC(=N)c1c(NC(=O)CCC(=O)O)sc(C)c1C. The van der Waals surface area contributed by atoms with E-state index in [1.54, 1.807) is 6.92 Å². The quantitative estimate of drug-likeness (QED) is 0.717. The maximum atomic E-state index is 11.6. The van der Waals surface area contributed by atoms with Gasteiger partial charge in [0.15, 0.2) is 0 Å². The molecule has 0 radical (unpaired) electrons. The average Bonchev–Trinajstić information content (AvgIpc) is 2.51. The zero-order chi connectivity index (χ0) is 13.9. The van der Waals surface area contributed by atoms with Crippen LogP contribution in [0.5, 0.6) is 0 Å². The van der Waals surface area contributed by atoms with Crippen molar-refractivity contribution in [2.45, 2.75) is 33.6 Å². The first-order valence-corrected chi connectivity index (χ1v) is 6.31. The van der Waals surface area contributed by atoms with E-state index in [1.165, 1.54) is 11.3 Å². The van der Waals surface area contributed by atoms with Gasteiger partial charge in [-0.25, -0.2) is 0 Å². The van der Waals surface area contributed by atoms with Gasteiger partial charge in [0.1, 0.15) is 5.00 Å². The molecule has 0 aromatic carbocycles. The highest BCUT2D eigenvalue weighted by Gasteiger charge is 2.16. The summed E-state index contributed by atoms with van der Waals surface area (Å²) in [4.78, 5) is 23.0. The second kappa shape index (κ2) is 5.77. The number of aryl methyl sites for hydroxylation is 1. The molecule has 6 heteroatoms. The monoisotopic (exact) mass is 268 g/mol. The maximum Gasteiger partial charge on any atom is 0.303 e. The molecular weight excluding hydrogens is 252 g/mol. The van der Waals surface area contributed by atoms with Crippen LogP contribution in [0.25, 0.3) is 0 Å². The van der Waals surface area contributed by atoms with Crippen LogP contribution in [0.2, 0.25) is 0 Å². The van der Waals surface area contributed by atoms with Crippen molar-refractivity contribution in [2.75, 3.05) is 5.32 Å². The van der Waals surface area contributed by atoms with Gasteiger partial charge < -0.3 is 15.8 Å². The third-order valence-corrected chi connectivity index (χ3v) is 3.70. The molecule has 0 aliphatic carbocycles. The summed E-state index contributed by atoms with van der Waals surface area (Å²) in [6.07, 6.45) is -0.240. The Balaban J connectivity index is 2.84. The van der Waals surface area contributed by atoms with E-state index in [2.05, 4.69) is 5.32 Å². The van der Waals surface area contributed by atoms with Gasteiger partial charge in [-0.3, -0.25) is 9.59 Å². The lowest BCUT2D eigenvalue weighted by atomic mass is 10.1. The van der Waals surface area contributed by atoms with Crippen LogP contribution >= 0.6 is 11.3 Å². The van der Waals surface area contributed by atoms with E-state index >= 15 is 0 Å². The van der Waals surface area contributed by atoms with Crippen LogP contribution in [-0.2, 0) is 9.59 Å². The molecule has 0 atom stereocenters. The molecule has 0 unspecified atom stereocenters. The minimum atomic E-state index is -0.993. The van der Waals surface area contributed by atoms with Gasteiger partial charge in [0.05, 0.1) is 6.42 Å². The first kappa shape index (κ1) is 14.4. The van der Waals surface area contributed by atoms with E-state index in [0.29, 0.717) is 10.7 Å². The average molecular weight is 268 g/mol. The lowest BCUT2D eigenvalue weighted by Gasteiger charge is -2.05. The van der Waals surface area contributed by atoms with Gasteiger partial charge in [0.2, 0.25) is 5.91 Å². The zero-order valence-electron chi connectivity index (χ0n) is 10.6. The Hall–Kier alpha value is -1.69. The van der Waals surface area contributed by atoms with Gasteiger partial charge in [-0.2, -0.15) is 0 Å². The van der Waals surface area contributed by atoms with Crippen molar-refractivity contribution in [1.82, 2.24) is 0 Å². The van der Waals surface area contributed by atoms with Gasteiger partial charge in [-0.15, -0.1) is 11.3 Å². The summed E-state index contributed by atoms with van der Waals surface area (Å²) in [5.41, 5.74) is 2.12. The van der Waals surface area contributed by atoms with Crippen molar-refractivity contribution in [3.63, 3.8) is 0 Å². The van der Waals surface area contributed by atoms with Gasteiger partial charge in [0, 0.05) is 22.6 Å². The van der Waals surface area contributed by atoms with Crippen molar-refractivity contribution < 1.29 is 14.7 Å². The normalized spacial score (nSPS) is 10.2. The molecule has 5 nitrogen and oxygen atoms in total. The van der Waals surface area contributed by atoms with Crippen LogP contribution in [0.4, 0.5) is 5.00 Å². The number of aliphatic carboxylic acids is 1. The largest absolute Gasteiger partial charge is 0.481 e. The number of carboxylic acid groups (broad SMARTS) is 1. The molecule has 0 fully saturated rings. The molecule has 1 amide bonds. The molecular formula is C12H16N2O3S. The molecule has 1 aromatic rings. The third-order valence-electron chi connectivity index (χ3n) is 2.58. The summed E-state index contributed by atoms with van der Waals surface area (Å²) in [6, 6.07) is 0. The molecule has 0 aliphatic rings. The molecule has 0 spiro atoms. The minimum Gasteiger partial charge on any atom is -0.481 e. The Morgan fingerprint density at radius 1 is 1.33 bits per heavy atom. The fraction of sp³-hybridized carbons (Fsp3) is 0.417. The van der Waals surface area contributed by atoms with Crippen molar-refractivity contribution in [1.29, 1.82) is 5.41 Å². The summed E-state index contributed by atoms with van der Waals surface area (Å²) in [6.45, 7) is 5.51. The van der Waals surface area contributed by atoms with E-state index in [-0.39, 0.29) is 18.7 Å². The number of hydrogen-bond donors (Lipinski definition) is 3. The van der Waals surface area contributed by atoms with Crippen LogP contribution < -0.4 is 5.32 Å². The molecule has 1 aromatic heterocycles. The summed E-state index contributed by atoms with van der Waals surface area (Å²) in [7, 11) is 0. The molecule has 0 saturated carbocycles. The number of hydrogen-bond acceptors (Lipinski definition) is 4. The van der Waals surface area contributed by atoms with Crippen LogP contribution in [0.3, 0.4) is 0 Å². The summed E-state index contributed by atoms with van der Waals surface area (Å²) in [5, 5.41) is 19.5. The van der Waals surface area contributed by atoms with E-state index in [9.17, 15) is 9.59 Å². The number of carbonyl (C=O) groups is 2. The molecule has 18 heavy (non-hydrogen) atoms. The smallest absolute Gasteiger partial charge is 0.303 e. The Kier molecular flexibility index (Phi) is 4.61. The summed E-state index contributed by atoms with van der Waals surface area (Å²) in [5.74, 6) is -1.33. The number of rotatable bonds is 5. The number of thiophene rings is 1. The van der Waals surface area contributed by atoms with Crippen LogP contribution in [0, 0.1) is 19.3 Å². The number of carbonyl (C=O) groups excluding carboxylic acids is 1.